The number of benzene rings is 2. The Labute approximate surface area is 179 Å². The molecular weight excluding hydrogens is 409 g/mol. The van der Waals surface area contributed by atoms with E-state index in [1.807, 2.05) is 21.1 Å². The number of halogens is 1. The molecule has 0 aromatic heterocycles. The molecule has 0 fully saturated rings. The van der Waals surface area contributed by atoms with Crippen molar-refractivity contribution in [3.8, 4) is 5.75 Å². The summed E-state index contributed by atoms with van der Waals surface area (Å²) in [6.45, 7) is 0.376. The van der Waals surface area contributed by atoms with Crippen molar-refractivity contribution in [3.05, 3.63) is 64.0 Å². The summed E-state index contributed by atoms with van der Waals surface area (Å²) in [4.78, 5) is 34.5. The number of likely N-dealkylation sites (N-methyl/N-ethyl adjacent to an activating group) is 1. The molecule has 0 atom stereocenters. The number of carbonyl (C=O) groups is 2. The molecule has 0 spiro atoms. The molecule has 2 rings (SSSR count). The predicted octanol–water partition coefficient (Wildman–Crippen LogP) is 2.54. The first-order valence-corrected chi connectivity index (χ1v) is 9.45. The average molecular weight is 434 g/mol. The van der Waals surface area contributed by atoms with Gasteiger partial charge >= 0.3 is 5.97 Å². The Balaban J connectivity index is 1.97. The summed E-state index contributed by atoms with van der Waals surface area (Å²) in [6.07, 6.45) is -0.133. The van der Waals surface area contributed by atoms with Gasteiger partial charge in [0.05, 0.1) is 38.2 Å². The van der Waals surface area contributed by atoms with Gasteiger partial charge in [-0.1, -0.05) is 12.1 Å². The van der Waals surface area contributed by atoms with Crippen LogP contribution in [0.2, 0.25) is 0 Å². The van der Waals surface area contributed by atoms with Crippen molar-refractivity contribution >= 4 is 23.3 Å². The van der Waals surface area contributed by atoms with Crippen LogP contribution >= 0.6 is 0 Å². The van der Waals surface area contributed by atoms with Gasteiger partial charge in [-0.25, -0.2) is 9.18 Å². The van der Waals surface area contributed by atoms with Gasteiger partial charge in [-0.3, -0.25) is 14.9 Å². The van der Waals surface area contributed by atoms with Gasteiger partial charge in [-0.15, -0.1) is 0 Å². The number of nitrogens with zero attached hydrogens (tertiary/aromatic N) is 2. The highest BCUT2D eigenvalue weighted by atomic mass is 19.1. The van der Waals surface area contributed by atoms with Crippen LogP contribution < -0.4 is 10.1 Å². The first kappa shape index (κ1) is 23.7. The summed E-state index contributed by atoms with van der Waals surface area (Å²) in [5.74, 6) is -1.74. The fraction of sp³-hybridized carbons (Fsp3) is 0.333. The highest BCUT2D eigenvalue weighted by molar-refractivity contribution is 5.93. The summed E-state index contributed by atoms with van der Waals surface area (Å²) < 4.78 is 24.7. The molecule has 2 aromatic carbocycles. The third kappa shape index (κ3) is 8.39. The van der Waals surface area contributed by atoms with E-state index in [4.69, 9.17) is 9.47 Å². The van der Waals surface area contributed by atoms with Crippen LogP contribution in [0.5, 0.6) is 5.75 Å². The highest BCUT2D eigenvalue weighted by Gasteiger charge is 2.15. The van der Waals surface area contributed by atoms with E-state index in [0.29, 0.717) is 16.6 Å². The number of amides is 1. The first-order valence-electron chi connectivity index (χ1n) is 9.45. The number of nitrogens with one attached hydrogen (secondary N) is 1. The minimum Gasteiger partial charge on any atom is -0.480 e. The molecule has 0 bridgehead atoms. The Kier molecular flexibility index (Phi) is 8.03. The maximum Gasteiger partial charge on any atom is 0.344 e. The SMILES string of the molecule is C[N+](C)(C)CCOC(=O)COc1cc(F)ccc1NC(=O)Cc1cccc([N+](=O)[O-])c1. The van der Waals surface area contributed by atoms with Gasteiger partial charge in [0.1, 0.15) is 24.7 Å². The van der Waals surface area contributed by atoms with E-state index in [0.717, 1.165) is 12.1 Å². The molecule has 0 saturated heterocycles. The van der Waals surface area contributed by atoms with Gasteiger partial charge < -0.3 is 19.3 Å². The molecule has 2 aromatic rings. The number of hydrogen-bond donors (Lipinski definition) is 1. The normalized spacial score (nSPS) is 11.0. The van der Waals surface area contributed by atoms with Gasteiger partial charge in [0, 0.05) is 18.2 Å². The second kappa shape index (κ2) is 10.5. The number of quaternary nitrogens is 1. The van der Waals surface area contributed by atoms with Crippen LogP contribution in [0.1, 0.15) is 5.56 Å². The molecule has 1 N–H and O–H groups in total. The van der Waals surface area contributed by atoms with E-state index < -0.39 is 29.2 Å². The Bertz CT molecular complexity index is 958. The summed E-state index contributed by atoms with van der Waals surface area (Å²) in [5.41, 5.74) is 0.480. The van der Waals surface area contributed by atoms with Crippen LogP contribution in [0, 0.1) is 15.9 Å². The Morgan fingerprint density at radius 3 is 2.58 bits per heavy atom. The average Bonchev–Trinajstić information content (AvgIpc) is 2.67. The minimum absolute atomic E-state index is 0.0315. The highest BCUT2D eigenvalue weighted by Crippen LogP contribution is 2.26. The lowest BCUT2D eigenvalue weighted by molar-refractivity contribution is -0.870. The van der Waals surface area contributed by atoms with Crippen molar-refractivity contribution in [1.82, 2.24) is 0 Å². The Morgan fingerprint density at radius 2 is 1.90 bits per heavy atom. The topological polar surface area (TPSA) is 108 Å². The predicted molar refractivity (Wildman–Crippen MR) is 111 cm³/mol. The number of nitro benzene ring substituents is 1. The summed E-state index contributed by atoms with van der Waals surface area (Å²) in [7, 11) is 5.87. The van der Waals surface area contributed by atoms with Crippen LogP contribution in [0.15, 0.2) is 42.5 Å². The van der Waals surface area contributed by atoms with Crippen molar-refractivity contribution in [1.29, 1.82) is 0 Å². The van der Waals surface area contributed by atoms with E-state index >= 15 is 0 Å². The first-order chi connectivity index (χ1) is 14.5. The smallest absolute Gasteiger partial charge is 0.344 e. The third-order valence-electron chi connectivity index (χ3n) is 4.07. The van der Waals surface area contributed by atoms with Gasteiger partial charge in [0.2, 0.25) is 5.91 Å². The number of non-ortho nitro benzene ring substituents is 1. The molecular formula is C21H25FN3O6+. The molecule has 10 heteroatoms. The largest absolute Gasteiger partial charge is 0.480 e. The van der Waals surface area contributed by atoms with Crippen molar-refractivity contribution in [2.75, 3.05) is 46.2 Å². The van der Waals surface area contributed by atoms with Crippen LogP contribution in [0.4, 0.5) is 15.8 Å². The van der Waals surface area contributed by atoms with Crippen LogP contribution in [0.3, 0.4) is 0 Å². The lowest BCUT2D eigenvalue weighted by Crippen LogP contribution is -2.38. The fourth-order valence-corrected chi connectivity index (χ4v) is 2.49. The zero-order valence-electron chi connectivity index (χ0n) is 17.6. The van der Waals surface area contributed by atoms with Crippen molar-refractivity contribution in [2.24, 2.45) is 0 Å². The summed E-state index contributed by atoms with van der Waals surface area (Å²) >= 11 is 0. The monoisotopic (exact) mass is 434 g/mol. The number of anilines is 1. The molecule has 0 aliphatic heterocycles. The van der Waals surface area contributed by atoms with E-state index in [-0.39, 0.29) is 30.2 Å². The van der Waals surface area contributed by atoms with Crippen molar-refractivity contribution in [3.63, 3.8) is 0 Å². The van der Waals surface area contributed by atoms with E-state index in [1.165, 1.54) is 24.3 Å². The quantitative estimate of drug-likeness (QED) is 0.267. The van der Waals surface area contributed by atoms with Gasteiger partial charge in [0.25, 0.3) is 5.69 Å². The number of esters is 1. The molecule has 0 unspecified atom stereocenters. The summed E-state index contributed by atoms with van der Waals surface area (Å²) in [6, 6.07) is 9.18. The zero-order chi connectivity index (χ0) is 23.0. The molecule has 1 amide bonds. The molecule has 31 heavy (non-hydrogen) atoms. The molecule has 0 aliphatic rings. The van der Waals surface area contributed by atoms with E-state index in [2.05, 4.69) is 5.32 Å². The van der Waals surface area contributed by atoms with Crippen LogP contribution in [-0.4, -0.2) is 62.2 Å². The number of carbonyl (C=O) groups excluding carboxylic acids is 2. The van der Waals surface area contributed by atoms with Crippen molar-refractivity contribution in [2.45, 2.75) is 6.42 Å². The molecule has 0 heterocycles. The Morgan fingerprint density at radius 1 is 1.16 bits per heavy atom. The van der Waals surface area contributed by atoms with E-state index in [1.54, 1.807) is 6.07 Å². The number of rotatable bonds is 10. The van der Waals surface area contributed by atoms with E-state index in [9.17, 15) is 24.1 Å². The molecule has 9 nitrogen and oxygen atoms in total. The lowest BCUT2D eigenvalue weighted by Gasteiger charge is -2.23. The van der Waals surface area contributed by atoms with Gasteiger partial charge in [0.15, 0.2) is 6.61 Å². The zero-order valence-corrected chi connectivity index (χ0v) is 17.6. The van der Waals surface area contributed by atoms with Crippen LogP contribution in [0.25, 0.3) is 0 Å². The number of nitro groups is 1. The Hall–Kier alpha value is -3.53. The number of hydrogen-bond acceptors (Lipinski definition) is 6. The minimum atomic E-state index is -0.619. The second-order valence-electron chi connectivity index (χ2n) is 7.82. The lowest BCUT2D eigenvalue weighted by atomic mass is 10.1. The molecule has 166 valence electrons. The molecule has 0 radical (unpaired) electrons. The number of ether oxygens (including phenoxy) is 2. The third-order valence-corrected chi connectivity index (χ3v) is 4.07. The van der Waals surface area contributed by atoms with Gasteiger partial charge in [-0.2, -0.15) is 0 Å². The molecule has 0 aliphatic carbocycles. The van der Waals surface area contributed by atoms with Crippen molar-refractivity contribution < 1.29 is 32.9 Å². The van der Waals surface area contributed by atoms with Gasteiger partial charge in [-0.05, 0) is 17.7 Å². The maximum atomic E-state index is 13.6. The standard InChI is InChI=1S/C21H24FN3O6/c1-25(2,3)9-10-30-21(27)14-31-19-13-16(22)7-8-18(19)23-20(26)12-15-5-4-6-17(11-15)24(28)29/h4-8,11,13H,9-10,12,14H2,1-3H3/p+1. The maximum absolute atomic E-state index is 13.6. The molecule has 0 saturated carbocycles. The summed E-state index contributed by atoms with van der Waals surface area (Å²) in [5, 5.41) is 13.4. The van der Waals surface area contributed by atoms with Crippen LogP contribution in [-0.2, 0) is 20.7 Å². The second-order valence-corrected chi connectivity index (χ2v) is 7.82. The fourth-order valence-electron chi connectivity index (χ4n) is 2.49.